The number of ether oxygens (including phenoxy) is 1. The minimum absolute atomic E-state index is 0. The van der Waals surface area contributed by atoms with Crippen LogP contribution in [0.1, 0.15) is 6.92 Å². The van der Waals surface area contributed by atoms with Crippen molar-refractivity contribution in [2.24, 2.45) is 0 Å². The van der Waals surface area contributed by atoms with Crippen LogP contribution in [-0.2, 0) is 14.8 Å². The van der Waals surface area contributed by atoms with E-state index in [-0.39, 0.29) is 17.3 Å². The van der Waals surface area contributed by atoms with Gasteiger partial charge >= 0.3 is 6.36 Å². The van der Waals surface area contributed by atoms with Gasteiger partial charge in [0, 0.05) is 13.1 Å². The van der Waals surface area contributed by atoms with Crippen LogP contribution in [0.4, 0.5) is 13.2 Å². The average molecular weight is 406 g/mol. The zero-order valence-electron chi connectivity index (χ0n) is 13.2. The van der Waals surface area contributed by atoms with Crippen LogP contribution in [0.3, 0.4) is 0 Å². The summed E-state index contributed by atoms with van der Waals surface area (Å²) in [6, 6.07) is 3.65. The minimum Gasteiger partial charge on any atom is -0.406 e. The smallest absolute Gasteiger partial charge is 0.406 e. The van der Waals surface area contributed by atoms with Crippen LogP contribution >= 0.6 is 12.4 Å². The number of likely N-dealkylation sites (N-methyl/N-ethyl adjacent to an activating group) is 1. The number of nitrogens with one attached hydrogen (secondary N) is 3. The Hall–Kier alpha value is -1.56. The molecule has 144 valence electrons. The lowest BCUT2D eigenvalue weighted by Crippen LogP contribution is -2.39. The Bertz CT molecular complexity index is 639. The topological polar surface area (TPSA) is 96.5 Å². The highest BCUT2D eigenvalue weighted by Crippen LogP contribution is 2.23. The molecule has 0 saturated carbocycles. The second-order valence-corrected chi connectivity index (χ2v) is 6.31. The molecular weight excluding hydrogens is 387 g/mol. The lowest BCUT2D eigenvalue weighted by atomic mass is 10.3. The number of carbonyl (C=O) groups is 1. The van der Waals surface area contributed by atoms with Crippen LogP contribution in [0, 0.1) is 0 Å². The van der Waals surface area contributed by atoms with E-state index in [0.717, 1.165) is 30.8 Å². The van der Waals surface area contributed by atoms with Gasteiger partial charge in [-0.2, -0.15) is 0 Å². The van der Waals surface area contributed by atoms with Crippen molar-refractivity contribution in [1.29, 1.82) is 0 Å². The van der Waals surface area contributed by atoms with Crippen LogP contribution < -0.4 is 20.1 Å². The molecule has 0 aliphatic carbocycles. The molecule has 0 saturated heterocycles. The number of halogens is 4. The molecule has 1 amide bonds. The van der Waals surface area contributed by atoms with E-state index in [1.54, 1.807) is 0 Å². The Morgan fingerprint density at radius 2 is 1.76 bits per heavy atom. The molecule has 25 heavy (non-hydrogen) atoms. The number of alkyl halides is 3. The van der Waals surface area contributed by atoms with Crippen LogP contribution in [0.25, 0.3) is 0 Å². The molecule has 1 rings (SSSR count). The first-order chi connectivity index (χ1) is 11.1. The Morgan fingerprint density at radius 3 is 2.28 bits per heavy atom. The molecule has 0 unspecified atom stereocenters. The van der Waals surface area contributed by atoms with Crippen molar-refractivity contribution in [2.75, 3.05) is 26.2 Å². The summed E-state index contributed by atoms with van der Waals surface area (Å²) in [5.74, 6) is -1.06. The third-order valence-electron chi connectivity index (χ3n) is 2.66. The van der Waals surface area contributed by atoms with Gasteiger partial charge in [0.25, 0.3) is 0 Å². The van der Waals surface area contributed by atoms with Crippen molar-refractivity contribution in [3.8, 4) is 5.75 Å². The highest BCUT2D eigenvalue weighted by molar-refractivity contribution is 7.89. The fourth-order valence-electron chi connectivity index (χ4n) is 1.59. The number of sulfonamides is 1. The van der Waals surface area contributed by atoms with Crippen molar-refractivity contribution in [3.05, 3.63) is 24.3 Å². The van der Waals surface area contributed by atoms with Gasteiger partial charge in [-0.25, -0.2) is 13.1 Å². The summed E-state index contributed by atoms with van der Waals surface area (Å²) in [5, 5.41) is 5.48. The summed E-state index contributed by atoms with van der Waals surface area (Å²) in [6.07, 6.45) is -4.86. The number of hydrogen-bond donors (Lipinski definition) is 3. The maximum atomic E-state index is 12.0. The van der Waals surface area contributed by atoms with E-state index in [2.05, 4.69) is 20.1 Å². The van der Waals surface area contributed by atoms with Crippen molar-refractivity contribution in [2.45, 2.75) is 18.2 Å². The molecule has 0 heterocycles. The molecule has 0 fully saturated rings. The number of hydrogen-bond acceptors (Lipinski definition) is 5. The molecule has 3 N–H and O–H groups in total. The number of rotatable bonds is 9. The number of amides is 1. The van der Waals surface area contributed by atoms with Crippen molar-refractivity contribution >= 4 is 28.3 Å². The van der Waals surface area contributed by atoms with Crippen LogP contribution in [-0.4, -0.2) is 46.9 Å². The van der Waals surface area contributed by atoms with Gasteiger partial charge in [0.1, 0.15) is 5.75 Å². The molecule has 0 radical (unpaired) electrons. The van der Waals surface area contributed by atoms with Crippen LogP contribution in [0.5, 0.6) is 5.75 Å². The van der Waals surface area contributed by atoms with E-state index in [4.69, 9.17) is 0 Å². The lowest BCUT2D eigenvalue weighted by Gasteiger charge is -2.10. The molecule has 0 bridgehead atoms. The summed E-state index contributed by atoms with van der Waals surface area (Å²) in [4.78, 5) is 11.2. The van der Waals surface area contributed by atoms with Gasteiger partial charge < -0.3 is 15.4 Å². The summed E-state index contributed by atoms with van der Waals surface area (Å²) >= 11 is 0. The Balaban J connectivity index is 0.00000576. The molecule has 0 spiro atoms. The quantitative estimate of drug-likeness (QED) is 0.533. The fraction of sp³-hybridized carbons (Fsp3) is 0.462. The summed E-state index contributed by atoms with van der Waals surface area (Å²) < 4.78 is 65.7. The van der Waals surface area contributed by atoms with E-state index in [9.17, 15) is 26.4 Å². The lowest BCUT2D eigenvalue weighted by molar-refractivity contribution is -0.274. The van der Waals surface area contributed by atoms with Crippen LogP contribution in [0.15, 0.2) is 29.2 Å². The average Bonchev–Trinajstić information content (AvgIpc) is 2.49. The maximum absolute atomic E-state index is 12.0. The van der Waals surface area contributed by atoms with E-state index in [1.807, 2.05) is 6.92 Å². The Morgan fingerprint density at radius 1 is 1.16 bits per heavy atom. The van der Waals surface area contributed by atoms with Gasteiger partial charge in [-0.05, 0) is 30.8 Å². The largest absolute Gasteiger partial charge is 0.573 e. The molecule has 0 aliphatic heterocycles. The molecule has 0 aliphatic rings. The SMILES string of the molecule is CCNCCNC(=O)CNS(=O)(=O)c1ccc(OC(F)(F)F)cc1.Cl. The first-order valence-corrected chi connectivity index (χ1v) is 8.45. The van der Waals surface area contributed by atoms with E-state index < -0.39 is 34.6 Å². The van der Waals surface area contributed by atoms with Crippen molar-refractivity contribution in [3.63, 3.8) is 0 Å². The first-order valence-electron chi connectivity index (χ1n) is 6.97. The molecule has 1 aromatic rings. The second kappa shape index (κ2) is 10.4. The predicted octanol–water partition coefficient (Wildman–Crippen LogP) is 1.01. The van der Waals surface area contributed by atoms with Crippen LogP contribution in [0.2, 0.25) is 0 Å². The van der Waals surface area contributed by atoms with Crippen molar-refractivity contribution in [1.82, 2.24) is 15.4 Å². The fourth-order valence-corrected chi connectivity index (χ4v) is 2.58. The van der Waals surface area contributed by atoms with Gasteiger partial charge in [-0.1, -0.05) is 6.92 Å². The highest BCUT2D eigenvalue weighted by Gasteiger charge is 2.31. The first kappa shape index (κ1) is 23.4. The molecule has 0 atom stereocenters. The predicted molar refractivity (Wildman–Crippen MR) is 87.1 cm³/mol. The molecule has 1 aromatic carbocycles. The molecule has 0 aromatic heterocycles. The van der Waals surface area contributed by atoms with Gasteiger partial charge in [-0.15, -0.1) is 25.6 Å². The van der Waals surface area contributed by atoms with Gasteiger partial charge in [0.2, 0.25) is 15.9 Å². The Labute approximate surface area is 149 Å². The highest BCUT2D eigenvalue weighted by atomic mass is 35.5. The molecule has 7 nitrogen and oxygen atoms in total. The van der Waals surface area contributed by atoms with E-state index in [1.165, 1.54) is 0 Å². The maximum Gasteiger partial charge on any atom is 0.573 e. The minimum atomic E-state index is -4.86. The molecular formula is C13H19ClF3N3O4S. The summed E-state index contributed by atoms with van der Waals surface area (Å²) in [7, 11) is -4.01. The second-order valence-electron chi connectivity index (χ2n) is 4.55. The Kier molecular flexibility index (Phi) is 9.78. The normalized spacial score (nSPS) is 11.5. The monoisotopic (exact) mass is 405 g/mol. The summed E-state index contributed by atoms with van der Waals surface area (Å²) in [5.41, 5.74) is 0. The third kappa shape index (κ3) is 9.48. The third-order valence-corrected chi connectivity index (χ3v) is 4.08. The number of carbonyl (C=O) groups excluding carboxylic acids is 1. The van der Waals surface area contributed by atoms with Crippen molar-refractivity contribution < 1.29 is 31.1 Å². The van der Waals surface area contributed by atoms with Gasteiger partial charge in [0.05, 0.1) is 11.4 Å². The zero-order valence-corrected chi connectivity index (χ0v) is 14.9. The van der Waals surface area contributed by atoms with E-state index >= 15 is 0 Å². The zero-order chi connectivity index (χ0) is 18.2. The molecule has 12 heteroatoms. The number of benzene rings is 1. The van der Waals surface area contributed by atoms with Gasteiger partial charge in [0.15, 0.2) is 0 Å². The summed E-state index contributed by atoms with van der Waals surface area (Å²) in [6.45, 7) is 3.07. The standard InChI is InChI=1S/C13H18F3N3O4S.ClH/c1-2-17-7-8-18-12(20)9-19-24(21,22)11-5-3-10(4-6-11)23-13(14,15)16;/h3-6,17,19H,2,7-9H2,1H3,(H,18,20);1H. The van der Waals surface area contributed by atoms with E-state index in [0.29, 0.717) is 13.1 Å². The van der Waals surface area contributed by atoms with Gasteiger partial charge in [-0.3, -0.25) is 4.79 Å².